The number of thiophene rings is 1. The van der Waals surface area contributed by atoms with E-state index in [0.717, 1.165) is 0 Å². The number of carbonyl (C=O) groups excluding carboxylic acids is 1. The topological polar surface area (TPSA) is 82.2 Å². The van der Waals surface area contributed by atoms with Crippen molar-refractivity contribution in [3.05, 3.63) is 55.9 Å². The second-order valence-electron chi connectivity index (χ2n) is 4.42. The van der Waals surface area contributed by atoms with Gasteiger partial charge in [0.05, 0.1) is 15.9 Å². The third-order valence-electron chi connectivity index (χ3n) is 3.00. The van der Waals surface area contributed by atoms with Gasteiger partial charge in [0.15, 0.2) is 5.75 Å². The summed E-state index contributed by atoms with van der Waals surface area (Å²) in [5.74, 6) is -1.61. The van der Waals surface area contributed by atoms with E-state index in [0.29, 0.717) is 14.7 Å². The molecule has 0 saturated heterocycles. The first-order valence-corrected chi connectivity index (χ1v) is 7.73. The number of rotatable bonds is 2. The molecule has 3 N–H and O–H groups in total. The number of anilines is 1. The number of H-pyrrole nitrogens is 1. The molecule has 22 heavy (non-hydrogen) atoms. The van der Waals surface area contributed by atoms with Crippen molar-refractivity contribution < 1.29 is 14.3 Å². The van der Waals surface area contributed by atoms with E-state index in [1.807, 2.05) is 0 Å². The molecule has 0 unspecified atom stereocenters. The van der Waals surface area contributed by atoms with Gasteiger partial charge in [-0.2, -0.15) is 0 Å². The Hall–Kier alpha value is -2.19. The van der Waals surface area contributed by atoms with E-state index in [1.165, 1.54) is 29.5 Å². The molecular formula is C14H8BrFN2O3S. The number of hydrogen-bond donors (Lipinski definition) is 3. The van der Waals surface area contributed by atoms with Crippen molar-refractivity contribution in [3.8, 4) is 5.75 Å². The molecule has 0 saturated carbocycles. The number of carbonyl (C=O) groups is 1. The molecule has 0 spiro atoms. The lowest BCUT2D eigenvalue weighted by Crippen LogP contribution is -2.23. The van der Waals surface area contributed by atoms with Crippen LogP contribution in [0.5, 0.6) is 5.75 Å². The van der Waals surface area contributed by atoms with Crippen LogP contribution in [0.2, 0.25) is 0 Å². The largest absolute Gasteiger partial charge is 0.505 e. The normalized spacial score (nSPS) is 10.8. The smallest absolute Gasteiger partial charge is 0.265 e. The molecular weight excluding hydrogens is 375 g/mol. The molecule has 8 heteroatoms. The zero-order valence-corrected chi connectivity index (χ0v) is 13.2. The van der Waals surface area contributed by atoms with Crippen LogP contribution in [-0.4, -0.2) is 16.0 Å². The van der Waals surface area contributed by atoms with Gasteiger partial charge >= 0.3 is 0 Å². The number of aromatic nitrogens is 1. The zero-order valence-electron chi connectivity index (χ0n) is 10.8. The number of halogens is 2. The SMILES string of the molecule is O=C(Nc1ccc(F)cc1Br)c1c(O)c2sccc2[nH]c1=O. The van der Waals surface area contributed by atoms with Gasteiger partial charge in [0.25, 0.3) is 11.5 Å². The Morgan fingerprint density at radius 2 is 2.14 bits per heavy atom. The first-order valence-electron chi connectivity index (χ1n) is 6.06. The summed E-state index contributed by atoms with van der Waals surface area (Å²) in [5.41, 5.74) is -0.325. The third kappa shape index (κ3) is 2.51. The van der Waals surface area contributed by atoms with Crippen molar-refractivity contribution >= 4 is 49.1 Å². The average Bonchev–Trinajstić information content (AvgIpc) is 2.90. The van der Waals surface area contributed by atoms with Crippen molar-refractivity contribution in [2.24, 2.45) is 0 Å². The van der Waals surface area contributed by atoms with Crippen LogP contribution in [0.15, 0.2) is 38.9 Å². The molecule has 3 aromatic rings. The molecule has 0 aliphatic carbocycles. The Morgan fingerprint density at radius 1 is 1.36 bits per heavy atom. The van der Waals surface area contributed by atoms with Crippen molar-refractivity contribution in [3.63, 3.8) is 0 Å². The summed E-state index contributed by atoms with van der Waals surface area (Å²) < 4.78 is 13.8. The second kappa shape index (κ2) is 5.54. The fourth-order valence-electron chi connectivity index (χ4n) is 1.98. The van der Waals surface area contributed by atoms with E-state index in [9.17, 15) is 19.1 Å². The molecule has 2 aromatic heterocycles. The molecule has 2 heterocycles. The minimum absolute atomic E-state index is 0.288. The standard InChI is InChI=1S/C14H8BrFN2O3S/c15-7-5-6(16)1-2-8(7)17-13(20)10-11(19)12-9(3-4-22-12)18-14(10)21/h1-5H,(H,17,20)(H2,18,19,21). The maximum atomic E-state index is 13.0. The van der Waals surface area contributed by atoms with Gasteiger partial charge in [0, 0.05) is 4.47 Å². The highest BCUT2D eigenvalue weighted by Crippen LogP contribution is 2.30. The highest BCUT2D eigenvalue weighted by atomic mass is 79.9. The monoisotopic (exact) mass is 382 g/mol. The van der Waals surface area contributed by atoms with Crippen molar-refractivity contribution in [2.75, 3.05) is 5.32 Å². The number of aromatic amines is 1. The first kappa shape index (κ1) is 14.7. The summed E-state index contributed by atoms with van der Waals surface area (Å²) >= 11 is 4.32. The van der Waals surface area contributed by atoms with E-state index in [2.05, 4.69) is 26.2 Å². The summed E-state index contributed by atoms with van der Waals surface area (Å²) in [6, 6.07) is 5.35. The van der Waals surface area contributed by atoms with Crippen molar-refractivity contribution in [1.29, 1.82) is 0 Å². The molecule has 0 radical (unpaired) electrons. The molecule has 0 aliphatic rings. The van der Waals surface area contributed by atoms with E-state index in [-0.39, 0.29) is 17.0 Å². The highest BCUT2D eigenvalue weighted by Gasteiger charge is 2.20. The lowest BCUT2D eigenvalue weighted by Gasteiger charge is -2.08. The molecule has 5 nitrogen and oxygen atoms in total. The van der Waals surface area contributed by atoms with Crippen LogP contribution in [0.4, 0.5) is 10.1 Å². The van der Waals surface area contributed by atoms with Gasteiger partial charge in [0.1, 0.15) is 11.4 Å². The minimum atomic E-state index is -0.777. The van der Waals surface area contributed by atoms with Crippen LogP contribution in [0.25, 0.3) is 10.2 Å². The summed E-state index contributed by atoms with van der Waals surface area (Å²) in [6.45, 7) is 0. The van der Waals surface area contributed by atoms with Crippen LogP contribution in [-0.2, 0) is 0 Å². The number of nitrogens with one attached hydrogen (secondary N) is 2. The fraction of sp³-hybridized carbons (Fsp3) is 0. The maximum Gasteiger partial charge on any atom is 0.265 e. The Bertz CT molecular complexity index is 951. The van der Waals surface area contributed by atoms with Crippen LogP contribution >= 0.6 is 27.3 Å². The van der Waals surface area contributed by atoms with E-state index < -0.39 is 17.3 Å². The predicted octanol–water partition coefficient (Wildman–Crippen LogP) is 3.45. The second-order valence-corrected chi connectivity index (χ2v) is 6.19. The predicted molar refractivity (Wildman–Crippen MR) is 86.2 cm³/mol. The van der Waals surface area contributed by atoms with Gasteiger partial charge in [0.2, 0.25) is 0 Å². The first-order chi connectivity index (χ1) is 10.5. The number of hydrogen-bond acceptors (Lipinski definition) is 4. The maximum absolute atomic E-state index is 13.0. The number of aromatic hydroxyl groups is 1. The van der Waals surface area contributed by atoms with Crippen LogP contribution in [0.3, 0.4) is 0 Å². The number of benzene rings is 1. The molecule has 0 atom stereocenters. The lowest BCUT2D eigenvalue weighted by molar-refractivity contribution is 0.102. The van der Waals surface area contributed by atoms with Gasteiger partial charge in [-0.05, 0) is 45.6 Å². The average molecular weight is 383 g/mol. The number of fused-ring (bicyclic) bond motifs is 1. The van der Waals surface area contributed by atoms with E-state index in [4.69, 9.17) is 0 Å². The van der Waals surface area contributed by atoms with Crippen LogP contribution in [0.1, 0.15) is 10.4 Å². The van der Waals surface area contributed by atoms with Crippen molar-refractivity contribution in [2.45, 2.75) is 0 Å². The van der Waals surface area contributed by atoms with Gasteiger partial charge in [-0.25, -0.2) is 4.39 Å². The fourth-order valence-corrected chi connectivity index (χ4v) is 3.23. The number of amides is 1. The highest BCUT2D eigenvalue weighted by molar-refractivity contribution is 9.10. The summed E-state index contributed by atoms with van der Waals surface area (Å²) in [6.07, 6.45) is 0. The molecule has 0 fully saturated rings. The molecule has 0 bridgehead atoms. The van der Waals surface area contributed by atoms with E-state index >= 15 is 0 Å². The summed E-state index contributed by atoms with van der Waals surface area (Å²) in [7, 11) is 0. The van der Waals surface area contributed by atoms with Gasteiger partial charge in [-0.1, -0.05) is 0 Å². The Kier molecular flexibility index (Phi) is 3.71. The summed E-state index contributed by atoms with van der Waals surface area (Å²) in [5, 5.41) is 14.3. The quantitative estimate of drug-likeness (QED) is 0.634. The Balaban J connectivity index is 2.03. The van der Waals surface area contributed by atoms with Gasteiger partial charge < -0.3 is 15.4 Å². The summed E-state index contributed by atoms with van der Waals surface area (Å²) in [4.78, 5) is 26.8. The van der Waals surface area contributed by atoms with Gasteiger partial charge in [-0.3, -0.25) is 9.59 Å². The Labute approximate surface area is 135 Å². The molecule has 112 valence electrons. The molecule has 1 aromatic carbocycles. The van der Waals surface area contributed by atoms with Crippen LogP contribution in [0, 0.1) is 5.82 Å². The molecule has 1 amide bonds. The van der Waals surface area contributed by atoms with Gasteiger partial charge in [-0.15, -0.1) is 11.3 Å². The van der Waals surface area contributed by atoms with Crippen molar-refractivity contribution in [1.82, 2.24) is 4.98 Å². The zero-order chi connectivity index (χ0) is 15.9. The molecule has 0 aliphatic heterocycles. The van der Waals surface area contributed by atoms with Crippen LogP contribution < -0.4 is 10.9 Å². The number of pyridine rings is 1. The third-order valence-corrected chi connectivity index (χ3v) is 4.58. The minimum Gasteiger partial charge on any atom is -0.505 e. The van der Waals surface area contributed by atoms with E-state index in [1.54, 1.807) is 11.4 Å². The lowest BCUT2D eigenvalue weighted by atomic mass is 10.2. The molecule has 3 rings (SSSR count). The Morgan fingerprint density at radius 3 is 2.86 bits per heavy atom.